The third kappa shape index (κ3) is 4.41. The molecule has 70 valence electrons. The summed E-state index contributed by atoms with van der Waals surface area (Å²) >= 11 is 0. The van der Waals surface area contributed by atoms with E-state index in [0.29, 0.717) is 0 Å². The monoisotopic (exact) mass is 168 g/mol. The van der Waals surface area contributed by atoms with Gasteiger partial charge < -0.3 is 4.74 Å². The Kier molecular flexibility index (Phi) is 5.84. The summed E-state index contributed by atoms with van der Waals surface area (Å²) in [4.78, 5) is 0. The second kappa shape index (κ2) is 6.08. The van der Waals surface area contributed by atoms with Crippen LogP contribution in [0.25, 0.3) is 0 Å². The fourth-order valence-corrected chi connectivity index (χ4v) is 0.798. The molecule has 1 atom stereocenters. The van der Waals surface area contributed by atoms with Gasteiger partial charge in [-0.3, -0.25) is 0 Å². The predicted molar refractivity (Wildman–Crippen MR) is 53.0 cm³/mol. The highest BCUT2D eigenvalue weighted by Gasteiger charge is 2.16. The van der Waals surface area contributed by atoms with Crippen LogP contribution in [0.3, 0.4) is 0 Å². The highest BCUT2D eigenvalue weighted by atomic mass is 16.5. The largest absolute Gasteiger partial charge is 0.366 e. The van der Waals surface area contributed by atoms with Crippen molar-refractivity contribution in [2.24, 2.45) is 0 Å². The van der Waals surface area contributed by atoms with Gasteiger partial charge in [-0.2, -0.15) is 0 Å². The lowest BCUT2D eigenvalue weighted by molar-refractivity contribution is 0.0542. The summed E-state index contributed by atoms with van der Waals surface area (Å²) in [5, 5.41) is 0. The molecule has 0 aromatic carbocycles. The van der Waals surface area contributed by atoms with Gasteiger partial charge in [0, 0.05) is 13.5 Å². The molecule has 1 heteroatoms. The zero-order valence-corrected chi connectivity index (χ0v) is 8.74. The van der Waals surface area contributed by atoms with Gasteiger partial charge in [-0.25, -0.2) is 0 Å². The average molecular weight is 168 g/mol. The van der Waals surface area contributed by atoms with E-state index in [1.165, 1.54) is 12.8 Å². The zero-order valence-electron chi connectivity index (χ0n) is 8.74. The van der Waals surface area contributed by atoms with Crippen LogP contribution in [0.5, 0.6) is 0 Å². The van der Waals surface area contributed by atoms with Crippen LogP contribution in [-0.4, -0.2) is 12.7 Å². The molecule has 0 saturated carbocycles. The van der Waals surface area contributed by atoms with E-state index in [0.717, 1.165) is 12.8 Å². The molecule has 0 spiro atoms. The molecule has 0 heterocycles. The van der Waals surface area contributed by atoms with Crippen LogP contribution in [0.2, 0.25) is 0 Å². The van der Waals surface area contributed by atoms with Crippen LogP contribution in [0.4, 0.5) is 0 Å². The minimum absolute atomic E-state index is 0.228. The van der Waals surface area contributed by atoms with E-state index in [1.807, 2.05) is 6.92 Å². The molecule has 0 radical (unpaired) electrons. The van der Waals surface area contributed by atoms with Crippen LogP contribution in [0.15, 0.2) is 0 Å². The number of rotatable bonds is 4. The van der Waals surface area contributed by atoms with Crippen molar-refractivity contribution in [3.05, 3.63) is 0 Å². The lowest BCUT2D eigenvalue weighted by atomic mass is 10.0. The van der Waals surface area contributed by atoms with E-state index in [4.69, 9.17) is 4.74 Å². The smallest absolute Gasteiger partial charge is 0.125 e. The number of hydrogen-bond donors (Lipinski definition) is 0. The van der Waals surface area contributed by atoms with Crippen LogP contribution >= 0.6 is 0 Å². The first-order chi connectivity index (χ1) is 5.68. The van der Waals surface area contributed by atoms with Gasteiger partial charge in [-0.1, -0.05) is 26.2 Å². The first-order valence-electron chi connectivity index (χ1n) is 4.73. The van der Waals surface area contributed by atoms with E-state index in [1.54, 1.807) is 7.11 Å². The maximum atomic E-state index is 5.29. The molecular weight excluding hydrogens is 148 g/mol. The first-order valence-corrected chi connectivity index (χ1v) is 4.73. The van der Waals surface area contributed by atoms with Crippen molar-refractivity contribution in [3.63, 3.8) is 0 Å². The van der Waals surface area contributed by atoms with Crippen LogP contribution in [0, 0.1) is 11.8 Å². The number of methoxy groups -OCH3 is 1. The van der Waals surface area contributed by atoms with Gasteiger partial charge in [0.25, 0.3) is 0 Å². The molecule has 0 aliphatic heterocycles. The second-order valence-corrected chi connectivity index (χ2v) is 3.19. The maximum Gasteiger partial charge on any atom is 0.125 e. The number of unbranched alkanes of at least 4 members (excludes halogenated alkanes) is 2. The summed E-state index contributed by atoms with van der Waals surface area (Å²) in [6.07, 6.45) is 4.35. The number of ether oxygens (including phenoxy) is 1. The summed E-state index contributed by atoms with van der Waals surface area (Å²) in [5.41, 5.74) is -0.228. The molecule has 0 aromatic rings. The molecule has 0 rings (SSSR count). The lowest BCUT2D eigenvalue weighted by Crippen LogP contribution is -2.23. The molecule has 1 unspecified atom stereocenters. The van der Waals surface area contributed by atoms with Crippen molar-refractivity contribution in [2.45, 2.75) is 52.1 Å². The maximum absolute atomic E-state index is 5.29. The van der Waals surface area contributed by atoms with E-state index < -0.39 is 0 Å². The van der Waals surface area contributed by atoms with Crippen molar-refractivity contribution >= 4 is 0 Å². The molecule has 12 heavy (non-hydrogen) atoms. The minimum atomic E-state index is -0.228. The van der Waals surface area contributed by atoms with E-state index >= 15 is 0 Å². The quantitative estimate of drug-likeness (QED) is 0.463. The van der Waals surface area contributed by atoms with Crippen molar-refractivity contribution in [2.75, 3.05) is 7.11 Å². The van der Waals surface area contributed by atoms with Crippen molar-refractivity contribution < 1.29 is 4.74 Å². The van der Waals surface area contributed by atoms with Gasteiger partial charge in [-0.15, -0.1) is 5.92 Å². The van der Waals surface area contributed by atoms with E-state index in [9.17, 15) is 0 Å². The Bertz CT molecular complexity index is 158. The molecule has 0 saturated heterocycles. The highest BCUT2D eigenvalue weighted by Crippen LogP contribution is 2.11. The molecule has 0 fully saturated rings. The summed E-state index contributed by atoms with van der Waals surface area (Å²) in [5.74, 6) is 6.31. The summed E-state index contributed by atoms with van der Waals surface area (Å²) in [6, 6.07) is 0. The highest BCUT2D eigenvalue weighted by molar-refractivity contribution is 5.12. The molecular formula is C11H20O. The molecule has 0 bridgehead atoms. The minimum Gasteiger partial charge on any atom is -0.366 e. The fraction of sp³-hybridized carbons (Fsp3) is 0.818. The third-order valence-corrected chi connectivity index (χ3v) is 2.13. The Morgan fingerprint density at radius 2 is 2.00 bits per heavy atom. The molecule has 0 aliphatic carbocycles. The zero-order chi connectivity index (χ0) is 9.45. The van der Waals surface area contributed by atoms with E-state index in [-0.39, 0.29) is 5.60 Å². The van der Waals surface area contributed by atoms with Gasteiger partial charge in [0.05, 0.1) is 0 Å². The Hall–Kier alpha value is -0.480. The molecule has 1 nitrogen and oxygen atoms in total. The van der Waals surface area contributed by atoms with Crippen molar-refractivity contribution in [3.8, 4) is 11.8 Å². The normalized spacial score (nSPS) is 14.7. The molecule has 0 amide bonds. The summed E-state index contributed by atoms with van der Waals surface area (Å²) < 4.78 is 5.29. The average Bonchev–Trinajstić information content (AvgIpc) is 2.12. The molecule has 0 N–H and O–H groups in total. The summed E-state index contributed by atoms with van der Waals surface area (Å²) in [7, 11) is 1.72. The van der Waals surface area contributed by atoms with Crippen LogP contribution in [0.1, 0.15) is 46.5 Å². The Labute approximate surface area is 76.5 Å². The van der Waals surface area contributed by atoms with Crippen molar-refractivity contribution in [1.82, 2.24) is 0 Å². The van der Waals surface area contributed by atoms with E-state index in [2.05, 4.69) is 25.7 Å². The standard InChI is InChI=1S/C11H20O/c1-5-7-8-9-10-11(3,6-2)12-4/h5-8H2,1-4H3. The number of hydrogen-bond acceptors (Lipinski definition) is 1. The van der Waals surface area contributed by atoms with Crippen LogP contribution < -0.4 is 0 Å². The Morgan fingerprint density at radius 1 is 1.33 bits per heavy atom. The SMILES string of the molecule is CCCCC#CC(C)(CC)OC. The van der Waals surface area contributed by atoms with Gasteiger partial charge in [0.1, 0.15) is 5.60 Å². The van der Waals surface area contributed by atoms with Gasteiger partial charge >= 0.3 is 0 Å². The van der Waals surface area contributed by atoms with Crippen molar-refractivity contribution in [1.29, 1.82) is 0 Å². The van der Waals surface area contributed by atoms with Crippen LogP contribution in [-0.2, 0) is 4.74 Å². The second-order valence-electron chi connectivity index (χ2n) is 3.19. The summed E-state index contributed by atoms with van der Waals surface area (Å²) in [6.45, 7) is 6.31. The predicted octanol–water partition coefficient (Wildman–Crippen LogP) is 3.00. The third-order valence-electron chi connectivity index (χ3n) is 2.13. The lowest BCUT2D eigenvalue weighted by Gasteiger charge is -2.18. The first kappa shape index (κ1) is 11.5. The van der Waals surface area contributed by atoms with Gasteiger partial charge in [0.2, 0.25) is 0 Å². The molecule has 0 aliphatic rings. The van der Waals surface area contributed by atoms with Gasteiger partial charge in [0.15, 0.2) is 0 Å². The fourth-order valence-electron chi connectivity index (χ4n) is 0.798. The molecule has 0 aromatic heterocycles. The Morgan fingerprint density at radius 3 is 2.42 bits per heavy atom. The Balaban J connectivity index is 3.88. The van der Waals surface area contributed by atoms with Gasteiger partial charge in [-0.05, 0) is 19.8 Å². The topological polar surface area (TPSA) is 9.23 Å².